The van der Waals surface area contributed by atoms with Gasteiger partial charge in [0.1, 0.15) is 0 Å². The van der Waals surface area contributed by atoms with Gasteiger partial charge in [-0.2, -0.15) is 0 Å². The summed E-state index contributed by atoms with van der Waals surface area (Å²) in [5, 5.41) is 8.84. The Labute approximate surface area is 70.5 Å². The van der Waals surface area contributed by atoms with Crippen LogP contribution in [0.25, 0.3) is 0 Å². The normalized spacial score (nSPS) is 18.6. The Hall–Kier alpha value is -0.220. The minimum Gasteiger partial charge on any atom is -0.289 e. The number of carbonyl (C=O) groups excluding carboxylic acids is 1. The predicted octanol–water partition coefficient (Wildman–Crippen LogP) is 1.17. The smallest absolute Gasteiger partial charge is 0.253 e. The molecule has 1 rings (SSSR count). The lowest BCUT2D eigenvalue weighted by Crippen LogP contribution is -2.21. The van der Waals surface area contributed by atoms with E-state index in [0.29, 0.717) is 11.0 Å². The van der Waals surface area contributed by atoms with Gasteiger partial charge in [0, 0.05) is 5.25 Å². The average Bonchev–Trinajstić information content (AvgIpc) is 2.52. The maximum atomic E-state index is 10.6. The highest BCUT2D eigenvalue weighted by atomic mass is 32.2. The first-order chi connectivity index (χ1) is 5.33. The van der Waals surface area contributed by atoms with E-state index in [1.54, 1.807) is 17.2 Å². The molecular weight excluding hydrogens is 162 g/mol. The van der Waals surface area contributed by atoms with Gasteiger partial charge < -0.3 is 0 Å². The van der Waals surface area contributed by atoms with E-state index in [9.17, 15) is 4.79 Å². The molecule has 0 aliphatic heterocycles. The zero-order chi connectivity index (χ0) is 8.10. The lowest BCUT2D eigenvalue weighted by Gasteiger charge is -2.05. The van der Waals surface area contributed by atoms with Gasteiger partial charge in [-0.15, -0.1) is 11.8 Å². The number of hydroxylamine groups is 1. The number of rotatable bonds is 3. The maximum Gasteiger partial charge on any atom is 0.253 e. The van der Waals surface area contributed by atoms with Crippen LogP contribution in [0.5, 0.6) is 0 Å². The summed E-state index contributed by atoms with van der Waals surface area (Å²) < 4.78 is 0. The molecule has 0 heterocycles. The zero-order valence-corrected chi connectivity index (χ0v) is 7.19. The van der Waals surface area contributed by atoms with Crippen LogP contribution in [0.3, 0.4) is 0 Å². The van der Waals surface area contributed by atoms with E-state index in [4.69, 9.17) is 5.21 Å². The Bertz CT molecular complexity index is 134. The second kappa shape index (κ2) is 4.62. The molecule has 0 saturated heterocycles. The van der Waals surface area contributed by atoms with Crippen LogP contribution in [0.4, 0.5) is 0 Å². The quantitative estimate of drug-likeness (QED) is 0.500. The Morgan fingerprint density at radius 2 is 2.18 bits per heavy atom. The molecule has 0 aromatic heterocycles. The van der Waals surface area contributed by atoms with E-state index >= 15 is 0 Å². The Balaban J connectivity index is 2.06. The molecule has 2 N–H and O–H groups in total. The molecule has 1 aliphatic carbocycles. The number of hydrogen-bond acceptors (Lipinski definition) is 3. The molecule has 0 radical (unpaired) electrons. The standard InChI is InChI=1S/C7H13NO2S/c9-7(8-10)5-11-6-3-1-2-4-6/h6,10H,1-5H2,(H,8,9). The molecule has 3 nitrogen and oxygen atoms in total. The molecule has 0 spiro atoms. The number of thioether (sulfide) groups is 1. The van der Waals surface area contributed by atoms with Gasteiger partial charge in [-0.1, -0.05) is 12.8 Å². The SMILES string of the molecule is O=C(CSC1CCCC1)NO. The van der Waals surface area contributed by atoms with Crippen molar-refractivity contribution in [3.05, 3.63) is 0 Å². The van der Waals surface area contributed by atoms with Gasteiger partial charge >= 0.3 is 0 Å². The summed E-state index contributed by atoms with van der Waals surface area (Å²) in [5.74, 6) is 0.100. The van der Waals surface area contributed by atoms with Crippen molar-refractivity contribution in [2.24, 2.45) is 0 Å². The fourth-order valence-corrected chi connectivity index (χ4v) is 2.40. The Morgan fingerprint density at radius 3 is 2.73 bits per heavy atom. The van der Waals surface area contributed by atoms with Crippen molar-refractivity contribution in [1.82, 2.24) is 5.48 Å². The van der Waals surface area contributed by atoms with Crippen LogP contribution in [0.1, 0.15) is 25.7 Å². The van der Waals surface area contributed by atoms with E-state index < -0.39 is 0 Å². The third kappa shape index (κ3) is 3.12. The summed E-state index contributed by atoms with van der Waals surface area (Å²) in [6.07, 6.45) is 5.03. The molecular formula is C7H13NO2S. The lowest BCUT2D eigenvalue weighted by molar-refractivity contribution is -0.126. The molecule has 1 aliphatic rings. The van der Waals surface area contributed by atoms with Crippen molar-refractivity contribution < 1.29 is 10.0 Å². The minimum atomic E-state index is -0.290. The van der Waals surface area contributed by atoms with E-state index in [2.05, 4.69) is 0 Å². The van der Waals surface area contributed by atoms with Gasteiger partial charge in [0.05, 0.1) is 5.75 Å². The Morgan fingerprint density at radius 1 is 1.55 bits per heavy atom. The third-order valence-corrected chi connectivity index (χ3v) is 3.25. The summed E-state index contributed by atoms with van der Waals surface area (Å²) in [5.41, 5.74) is 1.63. The zero-order valence-electron chi connectivity index (χ0n) is 6.38. The third-order valence-electron chi connectivity index (χ3n) is 1.88. The first-order valence-corrected chi connectivity index (χ1v) is 4.92. The van der Waals surface area contributed by atoms with Gasteiger partial charge in [0.15, 0.2) is 0 Å². The Kier molecular flexibility index (Phi) is 3.72. The van der Waals surface area contributed by atoms with E-state index in [0.717, 1.165) is 0 Å². The number of carbonyl (C=O) groups is 1. The van der Waals surface area contributed by atoms with Crippen molar-refractivity contribution in [2.45, 2.75) is 30.9 Å². The van der Waals surface area contributed by atoms with E-state index in [1.165, 1.54) is 25.7 Å². The molecule has 1 amide bonds. The summed E-state index contributed by atoms with van der Waals surface area (Å²) in [6.45, 7) is 0. The molecule has 1 saturated carbocycles. The second-order valence-electron chi connectivity index (χ2n) is 2.75. The van der Waals surface area contributed by atoms with Crippen LogP contribution >= 0.6 is 11.8 Å². The van der Waals surface area contributed by atoms with Crippen LogP contribution in [-0.2, 0) is 4.79 Å². The fourth-order valence-electron chi connectivity index (χ4n) is 1.28. The lowest BCUT2D eigenvalue weighted by atomic mass is 10.4. The van der Waals surface area contributed by atoms with Crippen LogP contribution < -0.4 is 5.48 Å². The number of amides is 1. The van der Waals surface area contributed by atoms with Crippen molar-refractivity contribution in [3.8, 4) is 0 Å². The average molecular weight is 175 g/mol. The second-order valence-corrected chi connectivity index (χ2v) is 4.04. The van der Waals surface area contributed by atoms with Crippen LogP contribution in [0, 0.1) is 0 Å². The van der Waals surface area contributed by atoms with Gasteiger partial charge in [-0.3, -0.25) is 10.0 Å². The molecule has 0 aromatic carbocycles. The first-order valence-electron chi connectivity index (χ1n) is 3.87. The van der Waals surface area contributed by atoms with Crippen LogP contribution in [-0.4, -0.2) is 22.1 Å². The number of nitrogens with one attached hydrogen (secondary N) is 1. The largest absolute Gasteiger partial charge is 0.289 e. The first kappa shape index (κ1) is 8.87. The molecule has 0 aromatic rings. The van der Waals surface area contributed by atoms with E-state index in [1.807, 2.05) is 0 Å². The van der Waals surface area contributed by atoms with Crippen molar-refractivity contribution in [1.29, 1.82) is 0 Å². The maximum absolute atomic E-state index is 10.6. The summed E-state index contributed by atoms with van der Waals surface area (Å²) in [7, 11) is 0. The van der Waals surface area contributed by atoms with Crippen molar-refractivity contribution >= 4 is 17.7 Å². The summed E-state index contributed by atoms with van der Waals surface area (Å²) in [6, 6.07) is 0. The predicted molar refractivity (Wildman–Crippen MR) is 44.6 cm³/mol. The van der Waals surface area contributed by atoms with Gasteiger partial charge in [0.2, 0.25) is 0 Å². The van der Waals surface area contributed by atoms with Crippen LogP contribution in [0.15, 0.2) is 0 Å². The number of hydrogen-bond donors (Lipinski definition) is 2. The van der Waals surface area contributed by atoms with Gasteiger partial charge in [0.25, 0.3) is 5.91 Å². The fraction of sp³-hybridized carbons (Fsp3) is 0.857. The summed E-state index contributed by atoms with van der Waals surface area (Å²) in [4.78, 5) is 10.6. The molecule has 11 heavy (non-hydrogen) atoms. The molecule has 4 heteroatoms. The highest BCUT2D eigenvalue weighted by Crippen LogP contribution is 2.28. The monoisotopic (exact) mass is 175 g/mol. The molecule has 0 atom stereocenters. The van der Waals surface area contributed by atoms with E-state index in [-0.39, 0.29) is 5.91 Å². The van der Waals surface area contributed by atoms with Crippen molar-refractivity contribution in [3.63, 3.8) is 0 Å². The highest BCUT2D eigenvalue weighted by Gasteiger charge is 2.16. The molecule has 0 unspecified atom stereocenters. The van der Waals surface area contributed by atoms with Gasteiger partial charge in [-0.05, 0) is 12.8 Å². The topological polar surface area (TPSA) is 49.3 Å². The van der Waals surface area contributed by atoms with Crippen molar-refractivity contribution in [2.75, 3.05) is 5.75 Å². The molecule has 1 fully saturated rings. The minimum absolute atomic E-state index is 0.290. The van der Waals surface area contributed by atoms with Crippen LogP contribution in [0.2, 0.25) is 0 Å². The van der Waals surface area contributed by atoms with Gasteiger partial charge in [-0.25, -0.2) is 5.48 Å². The molecule has 64 valence electrons. The summed E-state index contributed by atoms with van der Waals surface area (Å²) >= 11 is 1.64. The molecule has 0 bridgehead atoms. The highest BCUT2D eigenvalue weighted by molar-refractivity contribution is 8.00.